The van der Waals surface area contributed by atoms with E-state index in [0.717, 1.165) is 24.5 Å². The number of nitrogens with zero attached hydrogens (tertiary/aromatic N) is 4. The lowest BCUT2D eigenvalue weighted by Crippen LogP contribution is -2.08. The molecular formula is C28H22N4. The number of hydrogen-bond acceptors (Lipinski definition) is 2. The molecule has 0 fully saturated rings. The van der Waals surface area contributed by atoms with E-state index in [1.54, 1.807) is 0 Å². The van der Waals surface area contributed by atoms with Crippen molar-refractivity contribution in [3.8, 4) is 11.6 Å². The van der Waals surface area contributed by atoms with Crippen molar-refractivity contribution in [3.05, 3.63) is 96.4 Å². The van der Waals surface area contributed by atoms with Gasteiger partial charge >= 0.3 is 0 Å². The fourth-order valence-corrected chi connectivity index (χ4v) is 5.53. The summed E-state index contributed by atoms with van der Waals surface area (Å²) in [6, 6.07) is 25.6. The van der Waals surface area contributed by atoms with E-state index in [9.17, 15) is 0 Å². The third-order valence-corrected chi connectivity index (χ3v) is 6.82. The molecule has 1 aliphatic rings. The molecule has 154 valence electrons. The van der Waals surface area contributed by atoms with Crippen molar-refractivity contribution in [2.75, 3.05) is 0 Å². The molecule has 0 spiro atoms. The van der Waals surface area contributed by atoms with Gasteiger partial charge in [-0.25, -0.2) is 9.97 Å². The van der Waals surface area contributed by atoms with Crippen LogP contribution in [0.4, 0.5) is 0 Å². The van der Waals surface area contributed by atoms with Gasteiger partial charge in [0.1, 0.15) is 11.6 Å². The molecule has 4 nitrogen and oxygen atoms in total. The Morgan fingerprint density at radius 3 is 2.00 bits per heavy atom. The van der Waals surface area contributed by atoms with Crippen LogP contribution in [-0.4, -0.2) is 19.1 Å². The van der Waals surface area contributed by atoms with Crippen LogP contribution < -0.4 is 0 Å². The van der Waals surface area contributed by atoms with Gasteiger partial charge in [-0.05, 0) is 61.6 Å². The van der Waals surface area contributed by atoms with Crippen molar-refractivity contribution in [2.24, 2.45) is 0 Å². The van der Waals surface area contributed by atoms with Crippen LogP contribution in [0.25, 0.3) is 44.3 Å². The number of rotatable bonds is 2. The topological polar surface area (TPSA) is 35.6 Å². The Balaban J connectivity index is 1.75. The van der Waals surface area contributed by atoms with Crippen LogP contribution in [0.15, 0.2) is 85.2 Å². The zero-order valence-corrected chi connectivity index (χ0v) is 17.7. The zero-order valence-electron chi connectivity index (χ0n) is 17.7. The number of para-hydroxylation sites is 1. The summed E-state index contributed by atoms with van der Waals surface area (Å²) in [6.07, 6.45) is 8.45. The number of aryl methyl sites for hydroxylation is 1. The van der Waals surface area contributed by atoms with Crippen LogP contribution >= 0.6 is 0 Å². The normalized spacial score (nSPS) is 13.8. The van der Waals surface area contributed by atoms with E-state index in [2.05, 4.69) is 69.8 Å². The Morgan fingerprint density at radius 2 is 1.22 bits per heavy atom. The highest BCUT2D eigenvalue weighted by atomic mass is 15.1. The second-order valence-electron chi connectivity index (χ2n) is 8.55. The predicted octanol–water partition coefficient (Wildman–Crippen LogP) is 6.40. The standard InChI is InChI=1S/C28H22N4/c1-3-11-23-19(9-1)21-15-16-22-20-10-2-4-12-24(20)32(26-14-6-8-18-30-26)28(22)27(21)31(23)25-13-5-7-17-29-25/h1,3,5-9,11,13-18H,2,4,10,12H2. The van der Waals surface area contributed by atoms with E-state index >= 15 is 0 Å². The average Bonchev–Trinajstić information content (AvgIpc) is 3.38. The Morgan fingerprint density at radius 1 is 0.562 bits per heavy atom. The summed E-state index contributed by atoms with van der Waals surface area (Å²) in [6.45, 7) is 0. The van der Waals surface area contributed by atoms with Crippen LogP contribution in [-0.2, 0) is 12.8 Å². The molecule has 2 aromatic carbocycles. The second kappa shape index (κ2) is 6.79. The monoisotopic (exact) mass is 414 g/mol. The van der Waals surface area contributed by atoms with Gasteiger partial charge < -0.3 is 0 Å². The van der Waals surface area contributed by atoms with Crippen molar-refractivity contribution in [3.63, 3.8) is 0 Å². The van der Waals surface area contributed by atoms with Gasteiger partial charge in [0.05, 0.1) is 16.6 Å². The van der Waals surface area contributed by atoms with E-state index in [1.165, 1.54) is 56.8 Å². The molecule has 0 aliphatic heterocycles. The maximum absolute atomic E-state index is 4.78. The Hall–Kier alpha value is -3.92. The molecule has 0 saturated carbocycles. The van der Waals surface area contributed by atoms with Crippen molar-refractivity contribution < 1.29 is 0 Å². The molecular weight excluding hydrogens is 392 g/mol. The largest absolute Gasteiger partial charge is 0.296 e. The van der Waals surface area contributed by atoms with Gasteiger partial charge in [-0.15, -0.1) is 0 Å². The number of aromatic nitrogens is 4. The minimum atomic E-state index is 0.943. The Bertz CT molecular complexity index is 1610. The molecule has 4 aromatic heterocycles. The summed E-state index contributed by atoms with van der Waals surface area (Å²) in [5.74, 6) is 1.93. The van der Waals surface area contributed by atoms with Crippen LogP contribution in [0.1, 0.15) is 24.1 Å². The van der Waals surface area contributed by atoms with Gasteiger partial charge in [0.2, 0.25) is 0 Å². The summed E-state index contributed by atoms with van der Waals surface area (Å²) in [4.78, 5) is 9.53. The molecule has 0 unspecified atom stereocenters. The molecule has 0 saturated heterocycles. The number of benzene rings is 2. The summed E-state index contributed by atoms with van der Waals surface area (Å²) >= 11 is 0. The Kier molecular flexibility index (Phi) is 3.76. The Labute approximate surface area is 185 Å². The molecule has 4 heterocycles. The SMILES string of the molecule is c1ccc(-n2c3c(c4ccc5c6ccccc6n(-c6ccccn6)c5c42)CCCC3)nc1. The van der Waals surface area contributed by atoms with E-state index in [4.69, 9.17) is 9.97 Å². The highest BCUT2D eigenvalue weighted by Crippen LogP contribution is 2.41. The van der Waals surface area contributed by atoms with Crippen LogP contribution in [0.2, 0.25) is 0 Å². The number of hydrogen-bond donors (Lipinski definition) is 0. The van der Waals surface area contributed by atoms with E-state index in [-0.39, 0.29) is 0 Å². The first kappa shape index (κ1) is 17.7. The molecule has 0 radical (unpaired) electrons. The quantitative estimate of drug-likeness (QED) is 0.329. The highest BCUT2D eigenvalue weighted by Gasteiger charge is 2.25. The third-order valence-electron chi connectivity index (χ3n) is 6.82. The van der Waals surface area contributed by atoms with Crippen molar-refractivity contribution >= 4 is 32.7 Å². The summed E-state index contributed by atoms with van der Waals surface area (Å²) in [5, 5.41) is 3.85. The maximum atomic E-state index is 4.78. The summed E-state index contributed by atoms with van der Waals surface area (Å²) in [7, 11) is 0. The van der Waals surface area contributed by atoms with Crippen LogP contribution in [0, 0.1) is 0 Å². The van der Waals surface area contributed by atoms with Gasteiger partial charge in [0.15, 0.2) is 0 Å². The highest BCUT2D eigenvalue weighted by molar-refractivity contribution is 6.18. The first-order valence-corrected chi connectivity index (χ1v) is 11.3. The van der Waals surface area contributed by atoms with E-state index in [0.29, 0.717) is 0 Å². The van der Waals surface area contributed by atoms with Crippen LogP contribution in [0.3, 0.4) is 0 Å². The van der Waals surface area contributed by atoms with E-state index in [1.807, 2.05) is 24.5 Å². The lowest BCUT2D eigenvalue weighted by atomic mass is 9.95. The van der Waals surface area contributed by atoms with Crippen molar-refractivity contribution in [1.82, 2.24) is 19.1 Å². The lowest BCUT2D eigenvalue weighted by molar-refractivity contribution is 0.665. The fourth-order valence-electron chi connectivity index (χ4n) is 5.53. The minimum Gasteiger partial charge on any atom is -0.296 e. The molecule has 4 heteroatoms. The minimum absolute atomic E-state index is 0.943. The molecule has 0 bridgehead atoms. The summed E-state index contributed by atoms with van der Waals surface area (Å²) in [5.41, 5.74) is 6.53. The maximum Gasteiger partial charge on any atom is 0.137 e. The molecule has 0 atom stereocenters. The molecule has 0 amide bonds. The summed E-state index contributed by atoms with van der Waals surface area (Å²) < 4.78 is 4.75. The van der Waals surface area contributed by atoms with Crippen molar-refractivity contribution in [1.29, 1.82) is 0 Å². The third kappa shape index (κ3) is 2.38. The predicted molar refractivity (Wildman–Crippen MR) is 130 cm³/mol. The van der Waals surface area contributed by atoms with E-state index < -0.39 is 0 Å². The molecule has 32 heavy (non-hydrogen) atoms. The van der Waals surface area contributed by atoms with Gasteiger partial charge in [-0.2, -0.15) is 0 Å². The zero-order chi connectivity index (χ0) is 21.1. The van der Waals surface area contributed by atoms with Crippen LogP contribution in [0.5, 0.6) is 0 Å². The molecule has 1 aliphatic carbocycles. The number of fused-ring (bicyclic) bond motifs is 7. The smallest absolute Gasteiger partial charge is 0.137 e. The van der Waals surface area contributed by atoms with Gasteiger partial charge in [-0.3, -0.25) is 9.13 Å². The lowest BCUT2D eigenvalue weighted by Gasteiger charge is -2.15. The molecule has 0 N–H and O–H groups in total. The first-order valence-electron chi connectivity index (χ1n) is 11.3. The average molecular weight is 415 g/mol. The second-order valence-corrected chi connectivity index (χ2v) is 8.55. The van der Waals surface area contributed by atoms with Crippen molar-refractivity contribution in [2.45, 2.75) is 25.7 Å². The molecule has 7 rings (SSSR count). The first-order chi connectivity index (χ1) is 15.9. The van der Waals surface area contributed by atoms with Gasteiger partial charge in [0.25, 0.3) is 0 Å². The van der Waals surface area contributed by atoms with Gasteiger partial charge in [-0.1, -0.05) is 42.5 Å². The molecule has 6 aromatic rings. The van der Waals surface area contributed by atoms with Gasteiger partial charge in [0, 0.05) is 34.2 Å². The number of pyridine rings is 2. The fraction of sp³-hybridized carbons (Fsp3) is 0.143.